The number of aromatic hydroxyl groups is 2. The molecule has 0 aliphatic carbocycles. The summed E-state index contributed by atoms with van der Waals surface area (Å²) in [5.74, 6) is 0.840. The molecule has 3 rings (SSSR count). The number of hydrogen-bond donors (Lipinski definition) is 2. The molecular formula is C17H17ClN2O4+2. The number of aryl methyl sites for hydroxylation is 1. The van der Waals surface area contributed by atoms with Gasteiger partial charge < -0.3 is 19.7 Å². The number of methoxy groups -OCH3 is 2. The van der Waals surface area contributed by atoms with Crippen molar-refractivity contribution in [2.45, 2.75) is 0 Å². The monoisotopic (exact) mass is 348 g/mol. The van der Waals surface area contributed by atoms with Crippen LogP contribution in [0.25, 0.3) is 16.6 Å². The van der Waals surface area contributed by atoms with Crippen LogP contribution in [0.2, 0.25) is 5.02 Å². The van der Waals surface area contributed by atoms with Crippen molar-refractivity contribution in [3.05, 3.63) is 41.4 Å². The van der Waals surface area contributed by atoms with Gasteiger partial charge in [0.2, 0.25) is 11.2 Å². The van der Waals surface area contributed by atoms with E-state index in [1.165, 1.54) is 23.4 Å². The van der Waals surface area contributed by atoms with Crippen molar-refractivity contribution in [2.24, 2.45) is 7.05 Å². The van der Waals surface area contributed by atoms with Crippen LogP contribution in [0.15, 0.2) is 36.4 Å². The van der Waals surface area contributed by atoms with E-state index >= 15 is 0 Å². The fraction of sp³-hybridized carbons (Fsp3) is 0.176. The predicted octanol–water partition coefficient (Wildman–Crippen LogP) is 2.02. The van der Waals surface area contributed by atoms with Crippen LogP contribution in [0, 0.1) is 0 Å². The molecule has 0 fully saturated rings. The van der Waals surface area contributed by atoms with Gasteiger partial charge in [0.05, 0.1) is 20.3 Å². The molecule has 2 N–H and O–H groups in total. The van der Waals surface area contributed by atoms with E-state index in [0.29, 0.717) is 33.1 Å². The first-order chi connectivity index (χ1) is 11.5. The topological polar surface area (TPSA) is 66.7 Å². The maximum atomic E-state index is 10.7. The second-order valence-electron chi connectivity index (χ2n) is 5.22. The highest BCUT2D eigenvalue weighted by atomic mass is 35.5. The summed E-state index contributed by atoms with van der Waals surface area (Å²) < 4.78 is 13.4. The quantitative estimate of drug-likeness (QED) is 0.711. The van der Waals surface area contributed by atoms with Crippen LogP contribution in [-0.2, 0) is 7.05 Å². The molecule has 0 spiro atoms. The summed E-state index contributed by atoms with van der Waals surface area (Å²) in [6.45, 7) is 0. The molecule has 0 aliphatic rings. The maximum Gasteiger partial charge on any atom is 0.637 e. The number of fused-ring (bicyclic) bond motifs is 1. The van der Waals surface area contributed by atoms with Crippen LogP contribution >= 0.6 is 11.6 Å². The Kier molecular flexibility index (Phi) is 4.07. The minimum absolute atomic E-state index is 0.135. The average Bonchev–Trinajstić information content (AvgIpc) is 2.59. The fourth-order valence-electron chi connectivity index (χ4n) is 2.65. The summed E-state index contributed by atoms with van der Waals surface area (Å²) in [6, 6.07) is 10.0. The summed E-state index contributed by atoms with van der Waals surface area (Å²) in [6.07, 6.45) is 0. The zero-order valence-corrected chi connectivity index (χ0v) is 14.2. The van der Waals surface area contributed by atoms with Gasteiger partial charge in [-0.15, -0.1) is 4.57 Å². The van der Waals surface area contributed by atoms with Gasteiger partial charge in [0.1, 0.15) is 7.05 Å². The zero-order valence-electron chi connectivity index (χ0n) is 13.4. The van der Waals surface area contributed by atoms with Gasteiger partial charge in [-0.2, -0.15) is 0 Å². The van der Waals surface area contributed by atoms with Crippen LogP contribution in [-0.4, -0.2) is 24.4 Å². The van der Waals surface area contributed by atoms with Crippen LogP contribution in [0.3, 0.4) is 0 Å². The van der Waals surface area contributed by atoms with Gasteiger partial charge in [0, 0.05) is 23.2 Å². The lowest BCUT2D eigenvalue weighted by atomic mass is 10.2. The highest BCUT2D eigenvalue weighted by Gasteiger charge is 2.34. The molecule has 0 aliphatic heterocycles. The molecule has 1 heterocycles. The lowest BCUT2D eigenvalue weighted by Crippen LogP contribution is -2.44. The van der Waals surface area contributed by atoms with Gasteiger partial charge in [-0.05, 0) is 10.6 Å². The van der Waals surface area contributed by atoms with Crippen molar-refractivity contribution < 1.29 is 28.8 Å². The summed E-state index contributed by atoms with van der Waals surface area (Å²) in [5, 5.41) is 22.3. The van der Waals surface area contributed by atoms with Crippen LogP contribution in [0.1, 0.15) is 0 Å². The van der Waals surface area contributed by atoms with E-state index < -0.39 is 0 Å². The van der Waals surface area contributed by atoms with Crippen LogP contribution < -0.4 is 18.6 Å². The first kappa shape index (κ1) is 16.1. The summed E-state index contributed by atoms with van der Waals surface area (Å²) in [7, 11) is 4.73. The van der Waals surface area contributed by atoms with E-state index in [2.05, 4.69) is 0 Å². The second-order valence-corrected chi connectivity index (χ2v) is 5.66. The molecule has 0 saturated heterocycles. The Balaban J connectivity index is 2.40. The van der Waals surface area contributed by atoms with Gasteiger partial charge in [0.25, 0.3) is 0 Å². The molecule has 0 bridgehead atoms. The summed E-state index contributed by atoms with van der Waals surface area (Å²) in [4.78, 5) is 0. The van der Waals surface area contributed by atoms with Gasteiger partial charge >= 0.3 is 11.9 Å². The molecule has 0 amide bonds. The van der Waals surface area contributed by atoms with Gasteiger partial charge in [-0.3, -0.25) is 0 Å². The number of ether oxygens (including phenoxy) is 2. The van der Waals surface area contributed by atoms with Crippen molar-refractivity contribution >= 4 is 22.5 Å². The van der Waals surface area contributed by atoms with Crippen molar-refractivity contribution in [1.82, 2.24) is 0 Å². The summed E-state index contributed by atoms with van der Waals surface area (Å²) >= 11 is 6.02. The second kappa shape index (κ2) is 6.05. The molecule has 6 nitrogen and oxygen atoms in total. The summed E-state index contributed by atoms with van der Waals surface area (Å²) in [5.41, 5.74) is 1.12. The highest BCUT2D eigenvalue weighted by molar-refractivity contribution is 6.30. The van der Waals surface area contributed by atoms with E-state index in [1.807, 2.05) is 0 Å². The van der Waals surface area contributed by atoms with E-state index in [-0.39, 0.29) is 11.9 Å². The van der Waals surface area contributed by atoms with E-state index in [4.69, 9.17) is 21.1 Å². The van der Waals surface area contributed by atoms with Gasteiger partial charge in [0.15, 0.2) is 16.9 Å². The largest absolute Gasteiger partial charge is 0.637 e. The maximum absolute atomic E-state index is 10.7. The van der Waals surface area contributed by atoms with Crippen molar-refractivity contribution in [3.8, 4) is 29.1 Å². The third kappa shape index (κ3) is 2.45. The Hall–Kier alpha value is -2.73. The normalized spacial score (nSPS) is 10.8. The molecule has 1 aromatic heterocycles. The number of hydrogen-bond acceptors (Lipinski definition) is 4. The SMILES string of the molecule is COc1cc2c(O)[n+](-c3cccc(Cl)c3)c(O)[n+](C)c2cc1OC. The molecule has 0 atom stereocenters. The Labute approximate surface area is 143 Å². The lowest BCUT2D eigenvalue weighted by molar-refractivity contribution is -0.768. The third-order valence-corrected chi connectivity index (χ3v) is 4.12. The fourth-order valence-corrected chi connectivity index (χ4v) is 2.84. The predicted molar refractivity (Wildman–Crippen MR) is 88.1 cm³/mol. The minimum Gasteiger partial charge on any atom is -0.493 e. The molecule has 0 saturated carbocycles. The van der Waals surface area contributed by atoms with E-state index in [1.54, 1.807) is 43.4 Å². The molecule has 24 heavy (non-hydrogen) atoms. The Morgan fingerprint density at radius 1 is 1.00 bits per heavy atom. The Bertz CT molecular complexity index is 944. The lowest BCUT2D eigenvalue weighted by Gasteiger charge is -2.08. The molecule has 124 valence electrons. The first-order valence-corrected chi connectivity index (χ1v) is 7.53. The Morgan fingerprint density at radius 2 is 1.67 bits per heavy atom. The number of halogens is 1. The van der Waals surface area contributed by atoms with E-state index in [0.717, 1.165) is 0 Å². The standard InChI is InChI=1S/C17H15ClN2O4/c1-19-13-9-15(24-3)14(23-2)8-12(13)16(21)20(17(19)22)11-6-4-5-10(18)7-11/h4-9H,1-3H3/p+2. The molecule has 3 aromatic rings. The third-order valence-electron chi connectivity index (χ3n) is 3.88. The van der Waals surface area contributed by atoms with Crippen LogP contribution in [0.5, 0.6) is 23.4 Å². The molecular weight excluding hydrogens is 332 g/mol. The molecule has 0 unspecified atom stereocenters. The van der Waals surface area contributed by atoms with Crippen molar-refractivity contribution in [1.29, 1.82) is 0 Å². The van der Waals surface area contributed by atoms with E-state index in [9.17, 15) is 10.2 Å². The zero-order chi connectivity index (χ0) is 17.4. The molecule has 7 heteroatoms. The molecule has 2 aromatic carbocycles. The number of benzene rings is 2. The smallest absolute Gasteiger partial charge is 0.493 e. The van der Waals surface area contributed by atoms with Crippen LogP contribution in [0.4, 0.5) is 0 Å². The Morgan fingerprint density at radius 3 is 2.29 bits per heavy atom. The van der Waals surface area contributed by atoms with Crippen molar-refractivity contribution in [3.63, 3.8) is 0 Å². The average molecular weight is 349 g/mol. The van der Waals surface area contributed by atoms with Gasteiger partial charge in [-0.1, -0.05) is 17.7 Å². The van der Waals surface area contributed by atoms with Gasteiger partial charge in [-0.25, -0.2) is 0 Å². The number of aromatic nitrogens is 2. The number of nitrogens with zero attached hydrogens (tertiary/aromatic N) is 2. The highest BCUT2D eigenvalue weighted by Crippen LogP contribution is 2.34. The van der Waals surface area contributed by atoms with Crippen molar-refractivity contribution in [2.75, 3.05) is 14.2 Å². The minimum atomic E-state index is -0.158. The molecule has 0 radical (unpaired) electrons. The first-order valence-electron chi connectivity index (χ1n) is 7.15. The number of rotatable bonds is 3.